The minimum atomic E-state index is -0.261. The number of benzene rings is 1. The second kappa shape index (κ2) is 3.74. The molecule has 0 aliphatic heterocycles. The summed E-state index contributed by atoms with van der Waals surface area (Å²) in [6.45, 7) is -0.261. The Labute approximate surface area is 86.1 Å². The van der Waals surface area contributed by atoms with E-state index in [1.165, 1.54) is 6.20 Å². The fraction of sp³-hybridized carbons (Fsp3) is 0.182. The van der Waals surface area contributed by atoms with E-state index < -0.39 is 0 Å². The van der Waals surface area contributed by atoms with Crippen LogP contribution >= 0.6 is 0 Å². The topological polar surface area (TPSA) is 62.3 Å². The van der Waals surface area contributed by atoms with Crippen LogP contribution in [0.1, 0.15) is 5.56 Å². The number of aliphatic hydroxyl groups excluding tert-OH is 1. The SMILES string of the molecule is COc1cccc2c(=O)c(CO)c[nH]c12. The lowest BCUT2D eigenvalue weighted by Gasteiger charge is -2.05. The Balaban J connectivity index is 2.84. The number of para-hydroxylation sites is 1. The van der Waals surface area contributed by atoms with Crippen molar-refractivity contribution in [3.63, 3.8) is 0 Å². The Bertz CT molecular complexity index is 545. The van der Waals surface area contributed by atoms with Crippen LogP contribution in [-0.4, -0.2) is 17.2 Å². The van der Waals surface area contributed by atoms with Gasteiger partial charge >= 0.3 is 0 Å². The van der Waals surface area contributed by atoms with Crippen LogP contribution in [0.15, 0.2) is 29.2 Å². The number of hydrogen-bond donors (Lipinski definition) is 2. The van der Waals surface area contributed by atoms with Gasteiger partial charge in [0.25, 0.3) is 0 Å². The first-order valence-electron chi connectivity index (χ1n) is 4.56. The Hall–Kier alpha value is -1.81. The number of rotatable bonds is 2. The molecule has 0 radical (unpaired) electrons. The number of aliphatic hydroxyl groups is 1. The molecule has 0 spiro atoms. The highest BCUT2D eigenvalue weighted by Gasteiger charge is 2.07. The van der Waals surface area contributed by atoms with E-state index in [9.17, 15) is 4.79 Å². The standard InChI is InChI=1S/C11H11NO3/c1-15-9-4-2-3-8-10(9)12-5-7(6-13)11(8)14/h2-5,13H,6H2,1H3,(H,12,14). The van der Waals surface area contributed by atoms with Crippen molar-refractivity contribution in [2.24, 2.45) is 0 Å². The average molecular weight is 205 g/mol. The molecule has 2 rings (SSSR count). The van der Waals surface area contributed by atoms with Crippen LogP contribution in [0.3, 0.4) is 0 Å². The molecule has 0 amide bonds. The molecule has 1 aromatic heterocycles. The van der Waals surface area contributed by atoms with Gasteiger partial charge in [-0.25, -0.2) is 0 Å². The Morgan fingerprint density at radius 2 is 2.27 bits per heavy atom. The van der Waals surface area contributed by atoms with Crippen LogP contribution < -0.4 is 10.2 Å². The summed E-state index contributed by atoms with van der Waals surface area (Å²) in [6, 6.07) is 5.23. The number of aromatic amines is 1. The van der Waals surface area contributed by atoms with Crippen LogP contribution in [0.25, 0.3) is 10.9 Å². The minimum Gasteiger partial charge on any atom is -0.495 e. The predicted molar refractivity (Wildman–Crippen MR) is 57.0 cm³/mol. The number of nitrogens with one attached hydrogen (secondary N) is 1. The zero-order valence-corrected chi connectivity index (χ0v) is 8.28. The van der Waals surface area contributed by atoms with E-state index in [1.54, 1.807) is 25.3 Å². The lowest BCUT2D eigenvalue weighted by Crippen LogP contribution is -2.10. The summed E-state index contributed by atoms with van der Waals surface area (Å²) < 4.78 is 5.12. The lowest BCUT2D eigenvalue weighted by atomic mass is 10.1. The zero-order valence-electron chi connectivity index (χ0n) is 8.28. The Morgan fingerprint density at radius 1 is 1.47 bits per heavy atom. The van der Waals surface area contributed by atoms with E-state index in [4.69, 9.17) is 9.84 Å². The van der Waals surface area contributed by atoms with Crippen LogP contribution in [0.2, 0.25) is 0 Å². The molecule has 0 atom stereocenters. The predicted octanol–water partition coefficient (Wildman–Crippen LogP) is 1.03. The fourth-order valence-corrected chi connectivity index (χ4v) is 1.55. The highest BCUT2D eigenvalue weighted by atomic mass is 16.5. The molecule has 0 unspecified atom stereocenters. The summed E-state index contributed by atoms with van der Waals surface area (Å²) in [5, 5.41) is 9.48. The number of aromatic nitrogens is 1. The first kappa shape index (κ1) is 9.73. The van der Waals surface area contributed by atoms with Crippen molar-refractivity contribution in [3.05, 3.63) is 40.2 Å². The van der Waals surface area contributed by atoms with Crippen LogP contribution in [0, 0.1) is 0 Å². The maximum Gasteiger partial charge on any atom is 0.195 e. The van der Waals surface area contributed by atoms with Crippen molar-refractivity contribution in [1.29, 1.82) is 0 Å². The molecule has 1 aromatic carbocycles. The summed E-state index contributed by atoms with van der Waals surface area (Å²) in [4.78, 5) is 14.7. The summed E-state index contributed by atoms with van der Waals surface area (Å²) in [5.74, 6) is 0.620. The quantitative estimate of drug-likeness (QED) is 0.769. The molecule has 2 N–H and O–H groups in total. The average Bonchev–Trinajstić information content (AvgIpc) is 2.29. The molecule has 4 heteroatoms. The van der Waals surface area contributed by atoms with Gasteiger partial charge in [0, 0.05) is 17.1 Å². The second-order valence-corrected chi connectivity index (χ2v) is 3.18. The third-order valence-electron chi connectivity index (χ3n) is 2.34. The number of fused-ring (bicyclic) bond motifs is 1. The van der Waals surface area contributed by atoms with Gasteiger partial charge in [-0.2, -0.15) is 0 Å². The van der Waals surface area contributed by atoms with E-state index in [0.717, 1.165) is 0 Å². The largest absolute Gasteiger partial charge is 0.495 e. The monoisotopic (exact) mass is 205 g/mol. The Morgan fingerprint density at radius 3 is 2.93 bits per heavy atom. The van der Waals surface area contributed by atoms with E-state index in [-0.39, 0.29) is 12.0 Å². The highest BCUT2D eigenvalue weighted by molar-refractivity contribution is 5.84. The number of pyridine rings is 1. The van der Waals surface area contributed by atoms with Crippen molar-refractivity contribution in [2.75, 3.05) is 7.11 Å². The molecule has 0 bridgehead atoms. The van der Waals surface area contributed by atoms with E-state index >= 15 is 0 Å². The van der Waals surface area contributed by atoms with E-state index in [2.05, 4.69) is 4.98 Å². The third-order valence-corrected chi connectivity index (χ3v) is 2.34. The summed E-state index contributed by atoms with van der Waals surface area (Å²) >= 11 is 0. The van der Waals surface area contributed by atoms with Gasteiger partial charge in [-0.3, -0.25) is 4.79 Å². The smallest absolute Gasteiger partial charge is 0.195 e. The van der Waals surface area contributed by atoms with Crippen molar-refractivity contribution in [3.8, 4) is 5.75 Å². The van der Waals surface area contributed by atoms with Crippen LogP contribution in [0.4, 0.5) is 0 Å². The number of hydrogen-bond acceptors (Lipinski definition) is 3. The maximum absolute atomic E-state index is 11.8. The van der Waals surface area contributed by atoms with Gasteiger partial charge in [-0.05, 0) is 12.1 Å². The summed E-state index contributed by atoms with van der Waals surface area (Å²) in [6.07, 6.45) is 1.51. The van der Waals surface area contributed by atoms with Crippen molar-refractivity contribution in [2.45, 2.75) is 6.61 Å². The zero-order chi connectivity index (χ0) is 10.8. The molecule has 0 aliphatic rings. The first-order valence-corrected chi connectivity index (χ1v) is 4.56. The van der Waals surface area contributed by atoms with Gasteiger partial charge in [0.05, 0.1) is 19.2 Å². The first-order chi connectivity index (χ1) is 7.27. The van der Waals surface area contributed by atoms with Crippen molar-refractivity contribution in [1.82, 2.24) is 4.98 Å². The molecule has 0 saturated heterocycles. The molecule has 2 aromatic rings. The molecule has 15 heavy (non-hydrogen) atoms. The normalized spacial score (nSPS) is 10.5. The minimum absolute atomic E-state index is 0.162. The summed E-state index contributed by atoms with van der Waals surface area (Å²) in [7, 11) is 1.55. The summed E-state index contributed by atoms with van der Waals surface area (Å²) in [5.41, 5.74) is 0.850. The van der Waals surface area contributed by atoms with E-state index in [0.29, 0.717) is 22.2 Å². The van der Waals surface area contributed by atoms with Gasteiger partial charge in [0.1, 0.15) is 5.75 Å². The van der Waals surface area contributed by atoms with Crippen molar-refractivity contribution < 1.29 is 9.84 Å². The van der Waals surface area contributed by atoms with Gasteiger partial charge in [-0.1, -0.05) is 6.07 Å². The molecule has 0 aliphatic carbocycles. The maximum atomic E-state index is 11.8. The number of H-pyrrole nitrogens is 1. The Kier molecular flexibility index (Phi) is 2.43. The molecular formula is C11H11NO3. The number of methoxy groups -OCH3 is 1. The molecule has 78 valence electrons. The van der Waals surface area contributed by atoms with Gasteiger partial charge in [0.15, 0.2) is 5.43 Å². The molecule has 1 heterocycles. The molecular weight excluding hydrogens is 194 g/mol. The van der Waals surface area contributed by atoms with Crippen molar-refractivity contribution >= 4 is 10.9 Å². The van der Waals surface area contributed by atoms with Crippen LogP contribution in [0.5, 0.6) is 5.75 Å². The fourth-order valence-electron chi connectivity index (χ4n) is 1.55. The lowest BCUT2D eigenvalue weighted by molar-refractivity contribution is 0.280. The second-order valence-electron chi connectivity index (χ2n) is 3.18. The number of ether oxygens (including phenoxy) is 1. The molecule has 4 nitrogen and oxygen atoms in total. The van der Waals surface area contributed by atoms with Gasteiger partial charge < -0.3 is 14.8 Å². The van der Waals surface area contributed by atoms with Gasteiger partial charge in [0.2, 0.25) is 0 Å². The van der Waals surface area contributed by atoms with Crippen LogP contribution in [-0.2, 0) is 6.61 Å². The van der Waals surface area contributed by atoms with E-state index in [1.807, 2.05) is 0 Å². The van der Waals surface area contributed by atoms with Gasteiger partial charge in [-0.15, -0.1) is 0 Å². The highest BCUT2D eigenvalue weighted by Crippen LogP contribution is 2.20. The molecule has 0 saturated carbocycles. The third kappa shape index (κ3) is 1.49. The molecule has 0 fully saturated rings.